The van der Waals surface area contributed by atoms with Crippen molar-refractivity contribution in [2.75, 3.05) is 12.8 Å². The fraction of sp³-hybridized carbons (Fsp3) is 0.375. The smallest absolute Gasteiger partial charge is 0.305 e. The van der Waals surface area contributed by atoms with Crippen molar-refractivity contribution in [3.8, 4) is 5.75 Å². The highest BCUT2D eigenvalue weighted by molar-refractivity contribution is 7.08. The number of nitrogen functional groups attached to an aromatic ring is 1. The molecule has 0 amide bonds. The van der Waals surface area contributed by atoms with Gasteiger partial charge in [0.1, 0.15) is 5.75 Å². The Balaban J connectivity index is 0. The number of carbonyl (C=O) groups excluding carboxylic acids is 1. The first kappa shape index (κ1) is 15.5. The summed E-state index contributed by atoms with van der Waals surface area (Å²) in [5.74, 6) is 0.0278. The lowest BCUT2D eigenvalue weighted by atomic mass is 10.5. The Kier molecular flexibility index (Phi) is 9.59. The quantitative estimate of drug-likeness (QED) is 0.736. The molecule has 0 spiro atoms. The Morgan fingerprint density at radius 1 is 1.64 bits per heavy atom. The maximum Gasteiger partial charge on any atom is 0.305 e. The maximum absolute atomic E-state index is 9.96. The van der Waals surface area contributed by atoms with Crippen LogP contribution in [-0.4, -0.2) is 18.2 Å². The number of ether oxygens (including phenoxy) is 1. The van der Waals surface area contributed by atoms with Crippen molar-refractivity contribution in [1.29, 1.82) is 0 Å². The normalized spacial score (nSPS) is 7.86. The van der Waals surface area contributed by atoms with Crippen LogP contribution in [0.4, 0.5) is 5.69 Å². The van der Waals surface area contributed by atoms with Crippen LogP contribution in [-0.2, 0) is 9.53 Å². The van der Waals surface area contributed by atoms with Crippen LogP contribution in [0.25, 0.3) is 0 Å². The number of rotatable bonds is 1. The molecule has 1 aromatic heterocycles. The molecule has 1 heterocycles. The van der Waals surface area contributed by atoms with Crippen molar-refractivity contribution in [1.82, 2.24) is 0 Å². The number of anilines is 1. The van der Waals surface area contributed by atoms with E-state index in [9.17, 15) is 4.79 Å². The number of thiophene rings is 1. The lowest BCUT2D eigenvalue weighted by Crippen LogP contribution is -1.94. The summed E-state index contributed by atoms with van der Waals surface area (Å²) in [4.78, 5) is 9.96. The van der Waals surface area contributed by atoms with E-state index in [0.29, 0.717) is 12.1 Å². The third-order valence-corrected chi connectivity index (χ3v) is 1.94. The highest BCUT2D eigenvalue weighted by Gasteiger charge is 1.91. The zero-order valence-corrected chi connectivity index (χ0v) is 9.65. The first-order valence-corrected chi connectivity index (χ1v) is 4.63. The molecule has 0 saturated carbocycles. The summed E-state index contributed by atoms with van der Waals surface area (Å²) in [6.45, 7) is 1.76. The highest BCUT2D eigenvalue weighted by atomic mass is 35.5. The summed E-state index contributed by atoms with van der Waals surface area (Å²) in [6, 6.07) is 0. The third kappa shape index (κ3) is 6.56. The van der Waals surface area contributed by atoms with Crippen molar-refractivity contribution in [3.63, 3.8) is 0 Å². The first-order valence-electron chi connectivity index (χ1n) is 3.69. The Bertz CT molecular complexity index is 242. The molecule has 4 nitrogen and oxygen atoms in total. The summed E-state index contributed by atoms with van der Waals surface area (Å²) in [6.07, 6.45) is 0.469. The average Bonchev–Trinajstić information content (AvgIpc) is 2.51. The largest absolute Gasteiger partial charge is 0.505 e. The average molecular weight is 240 g/mol. The highest BCUT2D eigenvalue weighted by Crippen LogP contribution is 2.22. The van der Waals surface area contributed by atoms with Gasteiger partial charge < -0.3 is 15.6 Å². The number of esters is 1. The van der Waals surface area contributed by atoms with Crippen molar-refractivity contribution < 1.29 is 14.6 Å². The van der Waals surface area contributed by atoms with E-state index >= 15 is 0 Å². The fourth-order valence-electron chi connectivity index (χ4n) is 0.445. The molecule has 3 N–H and O–H groups in total. The molecule has 14 heavy (non-hydrogen) atoms. The van der Waals surface area contributed by atoms with Gasteiger partial charge in [-0.15, -0.1) is 23.7 Å². The van der Waals surface area contributed by atoms with E-state index in [1.807, 2.05) is 0 Å². The monoisotopic (exact) mass is 239 g/mol. The standard InChI is InChI=1S/C4H5NOS.C4H8O2.ClH/c5-3-1-7-2-4(3)6;1-3-4(5)6-2;/h1-2,6H,5H2;3H2,1-2H3;1H. The van der Waals surface area contributed by atoms with Gasteiger partial charge in [-0.3, -0.25) is 4.79 Å². The van der Waals surface area contributed by atoms with Crippen LogP contribution in [0.5, 0.6) is 5.75 Å². The number of methoxy groups -OCH3 is 1. The Morgan fingerprint density at radius 2 is 2.21 bits per heavy atom. The predicted molar refractivity (Wildman–Crippen MR) is 60.0 cm³/mol. The van der Waals surface area contributed by atoms with Gasteiger partial charge in [-0.05, 0) is 0 Å². The van der Waals surface area contributed by atoms with Gasteiger partial charge in [0, 0.05) is 17.2 Å². The van der Waals surface area contributed by atoms with Crippen LogP contribution in [0.2, 0.25) is 0 Å². The molecule has 0 radical (unpaired) electrons. The Morgan fingerprint density at radius 3 is 2.29 bits per heavy atom. The Labute approximate surface area is 93.1 Å². The van der Waals surface area contributed by atoms with Gasteiger partial charge >= 0.3 is 5.97 Å². The number of halogens is 1. The minimum atomic E-state index is -0.157. The van der Waals surface area contributed by atoms with E-state index < -0.39 is 0 Å². The maximum atomic E-state index is 9.96. The van der Waals surface area contributed by atoms with E-state index in [2.05, 4.69) is 4.74 Å². The van der Waals surface area contributed by atoms with Gasteiger partial charge in [0.2, 0.25) is 0 Å². The van der Waals surface area contributed by atoms with Crippen LogP contribution in [0.3, 0.4) is 0 Å². The van der Waals surface area contributed by atoms with E-state index in [1.165, 1.54) is 18.4 Å². The van der Waals surface area contributed by atoms with Crippen LogP contribution in [0.1, 0.15) is 13.3 Å². The number of carbonyl (C=O) groups is 1. The molecule has 0 fully saturated rings. The van der Waals surface area contributed by atoms with Crippen molar-refractivity contribution in [2.45, 2.75) is 13.3 Å². The van der Waals surface area contributed by atoms with Gasteiger partial charge in [0.05, 0.1) is 12.8 Å². The van der Waals surface area contributed by atoms with Crippen LogP contribution in [0, 0.1) is 0 Å². The lowest BCUT2D eigenvalue weighted by Gasteiger charge is -1.87. The van der Waals surface area contributed by atoms with Crippen molar-refractivity contribution >= 4 is 35.4 Å². The number of nitrogens with two attached hydrogens (primary N) is 1. The van der Waals surface area contributed by atoms with Crippen LogP contribution < -0.4 is 5.73 Å². The molecule has 0 bridgehead atoms. The molecule has 1 rings (SSSR count). The van der Waals surface area contributed by atoms with Crippen LogP contribution >= 0.6 is 23.7 Å². The molecule has 0 unspecified atom stereocenters. The van der Waals surface area contributed by atoms with Crippen molar-refractivity contribution in [2.24, 2.45) is 0 Å². The minimum Gasteiger partial charge on any atom is -0.505 e. The molecule has 82 valence electrons. The van der Waals surface area contributed by atoms with Crippen LogP contribution in [0.15, 0.2) is 10.8 Å². The zero-order chi connectivity index (χ0) is 10.3. The number of hydrogen-bond acceptors (Lipinski definition) is 5. The summed E-state index contributed by atoms with van der Waals surface area (Å²) in [7, 11) is 1.38. The molecule has 1 aromatic rings. The third-order valence-electron chi connectivity index (χ3n) is 1.19. The molecular weight excluding hydrogens is 226 g/mol. The SMILES string of the molecule is CCC(=O)OC.Cl.Nc1cscc1O. The van der Waals surface area contributed by atoms with E-state index in [1.54, 1.807) is 17.7 Å². The fourth-order valence-corrected chi connectivity index (χ4v) is 1.04. The number of aromatic hydroxyl groups is 1. The van der Waals surface area contributed by atoms with Crippen molar-refractivity contribution in [3.05, 3.63) is 10.8 Å². The number of hydrogen-bond donors (Lipinski definition) is 2. The molecular formula is C8H14ClNO3S. The predicted octanol–water partition coefficient (Wildman–Crippen LogP) is 2.03. The summed E-state index contributed by atoms with van der Waals surface area (Å²) in [5.41, 5.74) is 5.66. The van der Waals surface area contributed by atoms with Gasteiger partial charge in [0.15, 0.2) is 0 Å². The van der Waals surface area contributed by atoms with Gasteiger partial charge in [-0.1, -0.05) is 6.92 Å². The summed E-state index contributed by atoms with van der Waals surface area (Å²) < 4.78 is 4.26. The topological polar surface area (TPSA) is 72.5 Å². The molecule has 0 aliphatic heterocycles. The second-order valence-electron chi connectivity index (χ2n) is 2.14. The van der Waals surface area contributed by atoms with Gasteiger partial charge in [-0.25, -0.2) is 0 Å². The molecule has 0 saturated heterocycles. The summed E-state index contributed by atoms with van der Waals surface area (Å²) >= 11 is 1.39. The Hall–Kier alpha value is -0.940. The molecule has 0 atom stereocenters. The summed E-state index contributed by atoms with van der Waals surface area (Å²) in [5, 5.41) is 11.9. The molecule has 6 heteroatoms. The minimum absolute atomic E-state index is 0. The van der Waals surface area contributed by atoms with Gasteiger partial charge in [-0.2, -0.15) is 0 Å². The molecule has 0 aromatic carbocycles. The lowest BCUT2D eigenvalue weighted by molar-refractivity contribution is -0.140. The van der Waals surface area contributed by atoms with E-state index in [4.69, 9.17) is 10.8 Å². The first-order chi connectivity index (χ1) is 6.11. The van der Waals surface area contributed by atoms with E-state index in [-0.39, 0.29) is 24.1 Å². The molecule has 0 aliphatic carbocycles. The second-order valence-corrected chi connectivity index (χ2v) is 2.89. The second kappa shape index (κ2) is 8.65. The van der Waals surface area contributed by atoms with E-state index in [0.717, 1.165) is 0 Å². The molecule has 0 aliphatic rings. The van der Waals surface area contributed by atoms with Gasteiger partial charge in [0.25, 0.3) is 0 Å². The zero-order valence-electron chi connectivity index (χ0n) is 8.02.